The van der Waals surface area contributed by atoms with Crippen molar-refractivity contribution in [1.29, 1.82) is 0 Å². The summed E-state index contributed by atoms with van der Waals surface area (Å²) in [5.41, 5.74) is 0. The number of aliphatic hydroxyl groups is 1. The summed E-state index contributed by atoms with van der Waals surface area (Å²) >= 11 is 0. The maximum Gasteiger partial charge on any atom is 0.156 e. The molecule has 0 spiro atoms. The Morgan fingerprint density at radius 3 is 2.44 bits per heavy atom. The first kappa shape index (κ1) is 6.16. The van der Waals surface area contributed by atoms with Crippen molar-refractivity contribution in [1.82, 2.24) is 9.97 Å². The van der Waals surface area contributed by atoms with Gasteiger partial charge in [-0.15, -0.1) is 0 Å². The van der Waals surface area contributed by atoms with Crippen LogP contribution in [0.5, 0.6) is 0 Å². The van der Waals surface area contributed by atoms with Crippen LogP contribution in [0.1, 0.15) is 18.9 Å². The van der Waals surface area contributed by atoms with Gasteiger partial charge in [-0.3, -0.25) is 0 Å². The molecular weight excluding hydrogens is 116 g/mol. The van der Waals surface area contributed by atoms with E-state index in [2.05, 4.69) is 16.0 Å². The monoisotopic (exact) mass is 123 g/mol. The van der Waals surface area contributed by atoms with Crippen LogP contribution in [0.25, 0.3) is 0 Å². The Balaban J connectivity index is 2.85. The molecule has 0 aliphatic rings. The average molecular weight is 123 g/mol. The molecule has 1 radical (unpaired) electrons. The molecule has 1 rings (SSSR count). The summed E-state index contributed by atoms with van der Waals surface area (Å²) in [5, 5.41) is 8.88. The smallest absolute Gasteiger partial charge is 0.156 e. The van der Waals surface area contributed by atoms with E-state index in [1.165, 1.54) is 12.4 Å². The van der Waals surface area contributed by atoms with Crippen molar-refractivity contribution in [3.05, 3.63) is 24.3 Å². The molecule has 0 aliphatic carbocycles. The highest BCUT2D eigenvalue weighted by atomic mass is 16.3. The maximum atomic E-state index is 8.88. The molecule has 0 saturated heterocycles. The molecule has 3 nitrogen and oxygen atoms in total. The summed E-state index contributed by atoms with van der Waals surface area (Å²) < 4.78 is 0. The molecule has 1 aromatic rings. The van der Waals surface area contributed by atoms with Crippen LogP contribution in [-0.2, 0) is 0 Å². The Bertz CT molecular complexity index is 174. The molecular formula is C6H7N2O. The van der Waals surface area contributed by atoms with Gasteiger partial charge in [0.2, 0.25) is 0 Å². The van der Waals surface area contributed by atoms with Crippen molar-refractivity contribution in [2.24, 2.45) is 0 Å². The predicted molar refractivity (Wildman–Crippen MR) is 31.5 cm³/mol. The van der Waals surface area contributed by atoms with Gasteiger partial charge in [-0.25, -0.2) is 9.97 Å². The Kier molecular flexibility index (Phi) is 1.75. The molecule has 1 atom stereocenters. The van der Waals surface area contributed by atoms with E-state index < -0.39 is 6.10 Å². The summed E-state index contributed by atoms with van der Waals surface area (Å²) in [7, 11) is 0. The second-order valence-corrected chi connectivity index (χ2v) is 1.72. The predicted octanol–water partition coefficient (Wildman–Crippen LogP) is 0.330. The molecule has 0 fully saturated rings. The highest BCUT2D eigenvalue weighted by Crippen LogP contribution is 2.01. The second kappa shape index (κ2) is 2.55. The van der Waals surface area contributed by atoms with Crippen molar-refractivity contribution in [3.8, 4) is 0 Å². The van der Waals surface area contributed by atoms with Crippen LogP contribution in [0.2, 0.25) is 0 Å². The Morgan fingerprint density at radius 1 is 1.56 bits per heavy atom. The van der Waals surface area contributed by atoms with Gasteiger partial charge in [0.15, 0.2) is 5.82 Å². The standard InChI is InChI=1S/C6H7N2O/c1-5(9)6-7-3-2-4-8-6/h3-5,9H,1H3. The number of nitrogens with zero attached hydrogens (tertiary/aromatic N) is 2. The lowest BCUT2D eigenvalue weighted by atomic mass is 10.4. The quantitative estimate of drug-likeness (QED) is 0.585. The first-order chi connectivity index (χ1) is 4.30. The van der Waals surface area contributed by atoms with E-state index in [-0.39, 0.29) is 0 Å². The molecule has 0 saturated carbocycles. The molecule has 9 heavy (non-hydrogen) atoms. The average Bonchev–Trinajstić information content (AvgIpc) is 1.90. The lowest BCUT2D eigenvalue weighted by Crippen LogP contribution is -1.97. The Morgan fingerprint density at radius 2 is 2.11 bits per heavy atom. The summed E-state index contributed by atoms with van der Waals surface area (Å²) in [4.78, 5) is 7.52. The maximum absolute atomic E-state index is 8.88. The highest BCUT2D eigenvalue weighted by Gasteiger charge is 1.99. The number of rotatable bonds is 1. The van der Waals surface area contributed by atoms with E-state index >= 15 is 0 Å². The zero-order valence-electron chi connectivity index (χ0n) is 5.07. The summed E-state index contributed by atoms with van der Waals surface area (Å²) in [6.45, 7) is 1.62. The lowest BCUT2D eigenvalue weighted by molar-refractivity contribution is 0.189. The van der Waals surface area contributed by atoms with E-state index in [4.69, 9.17) is 5.11 Å². The fraction of sp³-hybridized carbons (Fsp3) is 0.333. The molecule has 0 amide bonds. The van der Waals surface area contributed by atoms with Gasteiger partial charge in [-0.1, -0.05) is 0 Å². The molecule has 0 aliphatic heterocycles. The van der Waals surface area contributed by atoms with Crippen LogP contribution in [-0.4, -0.2) is 15.1 Å². The van der Waals surface area contributed by atoms with Gasteiger partial charge in [0, 0.05) is 18.5 Å². The van der Waals surface area contributed by atoms with Gasteiger partial charge in [-0.05, 0) is 6.92 Å². The largest absolute Gasteiger partial charge is 0.385 e. The fourth-order valence-corrected chi connectivity index (χ4v) is 0.489. The summed E-state index contributed by atoms with van der Waals surface area (Å²) in [6.07, 6.45) is 2.38. The van der Waals surface area contributed by atoms with Crippen molar-refractivity contribution in [3.63, 3.8) is 0 Å². The number of aromatic nitrogens is 2. The minimum absolute atomic E-state index is 0.439. The molecule has 1 aromatic heterocycles. The molecule has 1 N–H and O–H groups in total. The first-order valence-electron chi connectivity index (χ1n) is 2.67. The first-order valence-corrected chi connectivity index (χ1v) is 2.67. The molecule has 1 unspecified atom stereocenters. The van der Waals surface area contributed by atoms with Gasteiger partial charge in [-0.2, -0.15) is 0 Å². The molecule has 1 heterocycles. The van der Waals surface area contributed by atoms with Crippen molar-refractivity contribution < 1.29 is 5.11 Å². The van der Waals surface area contributed by atoms with Gasteiger partial charge in [0.05, 0.1) is 0 Å². The van der Waals surface area contributed by atoms with Crippen LogP contribution in [0, 0.1) is 6.07 Å². The number of aliphatic hydroxyl groups excluding tert-OH is 1. The topological polar surface area (TPSA) is 46.0 Å². The SMILES string of the molecule is CC(O)c1nc[c]cn1. The summed E-state index contributed by atoms with van der Waals surface area (Å²) in [5.74, 6) is 0.439. The Labute approximate surface area is 53.4 Å². The molecule has 0 bridgehead atoms. The normalized spacial score (nSPS) is 13.1. The van der Waals surface area contributed by atoms with Crippen molar-refractivity contribution in [2.45, 2.75) is 13.0 Å². The third-order valence-electron chi connectivity index (χ3n) is 0.916. The zero-order valence-corrected chi connectivity index (χ0v) is 5.07. The molecule has 0 aromatic carbocycles. The fourth-order valence-electron chi connectivity index (χ4n) is 0.489. The lowest BCUT2D eigenvalue weighted by Gasteiger charge is -1.97. The molecule has 3 heteroatoms. The zero-order chi connectivity index (χ0) is 6.69. The van der Waals surface area contributed by atoms with E-state index in [0.717, 1.165) is 0 Å². The number of hydrogen-bond acceptors (Lipinski definition) is 3. The van der Waals surface area contributed by atoms with Gasteiger partial charge in [0.1, 0.15) is 6.10 Å². The van der Waals surface area contributed by atoms with E-state index in [9.17, 15) is 0 Å². The van der Waals surface area contributed by atoms with Gasteiger partial charge >= 0.3 is 0 Å². The van der Waals surface area contributed by atoms with Crippen LogP contribution < -0.4 is 0 Å². The highest BCUT2D eigenvalue weighted by molar-refractivity contribution is 4.89. The van der Waals surface area contributed by atoms with Gasteiger partial charge in [0.25, 0.3) is 0 Å². The van der Waals surface area contributed by atoms with Crippen LogP contribution >= 0.6 is 0 Å². The number of hydrogen-bond donors (Lipinski definition) is 1. The van der Waals surface area contributed by atoms with E-state index in [1.807, 2.05) is 0 Å². The van der Waals surface area contributed by atoms with Crippen molar-refractivity contribution >= 4 is 0 Å². The van der Waals surface area contributed by atoms with E-state index in [0.29, 0.717) is 5.82 Å². The minimum atomic E-state index is -0.584. The van der Waals surface area contributed by atoms with Crippen LogP contribution in [0.3, 0.4) is 0 Å². The minimum Gasteiger partial charge on any atom is -0.385 e. The third kappa shape index (κ3) is 1.47. The summed E-state index contributed by atoms with van der Waals surface area (Å²) in [6, 6.07) is 2.65. The van der Waals surface area contributed by atoms with E-state index in [1.54, 1.807) is 6.92 Å². The second-order valence-electron chi connectivity index (χ2n) is 1.72. The third-order valence-corrected chi connectivity index (χ3v) is 0.916. The van der Waals surface area contributed by atoms with Crippen molar-refractivity contribution in [2.75, 3.05) is 0 Å². The van der Waals surface area contributed by atoms with Crippen LogP contribution in [0.4, 0.5) is 0 Å². The van der Waals surface area contributed by atoms with Gasteiger partial charge < -0.3 is 5.11 Å². The Hall–Kier alpha value is -0.960. The van der Waals surface area contributed by atoms with Crippen LogP contribution in [0.15, 0.2) is 12.4 Å². The molecule has 47 valence electrons.